The van der Waals surface area contributed by atoms with Crippen LogP contribution in [-0.4, -0.2) is 34.3 Å². The Kier molecular flexibility index (Phi) is 3.92. The van der Waals surface area contributed by atoms with Gasteiger partial charge in [0.15, 0.2) is 5.65 Å². The maximum Gasteiger partial charge on any atom is 0.158 e. The van der Waals surface area contributed by atoms with Gasteiger partial charge in [-0.25, -0.2) is 9.67 Å². The van der Waals surface area contributed by atoms with Gasteiger partial charge in [0, 0.05) is 25.8 Å². The van der Waals surface area contributed by atoms with E-state index < -0.39 is 0 Å². The summed E-state index contributed by atoms with van der Waals surface area (Å²) in [6.07, 6.45) is 4.49. The molecule has 3 aromatic rings. The Bertz CT molecular complexity index is 725. The van der Waals surface area contributed by atoms with E-state index in [-0.39, 0.29) is 0 Å². The number of hydrogen-bond acceptors (Lipinski definition) is 4. The molecular formula is C13H18ClN7. The summed E-state index contributed by atoms with van der Waals surface area (Å²) in [6, 6.07) is 0. The summed E-state index contributed by atoms with van der Waals surface area (Å²) in [5, 5.41) is 12.3. The number of hydrogen-bond donors (Lipinski definition) is 0. The molecule has 3 aromatic heterocycles. The molecule has 0 aliphatic carbocycles. The second-order valence-electron chi connectivity index (χ2n) is 4.91. The van der Waals surface area contributed by atoms with Crippen LogP contribution < -0.4 is 0 Å². The van der Waals surface area contributed by atoms with Crippen LogP contribution in [0.25, 0.3) is 11.2 Å². The van der Waals surface area contributed by atoms with Gasteiger partial charge in [0.2, 0.25) is 0 Å². The highest BCUT2D eigenvalue weighted by atomic mass is 35.5. The van der Waals surface area contributed by atoms with Crippen LogP contribution in [0.5, 0.6) is 0 Å². The molecule has 0 aromatic carbocycles. The van der Waals surface area contributed by atoms with Crippen LogP contribution in [0.15, 0.2) is 12.4 Å². The van der Waals surface area contributed by atoms with E-state index >= 15 is 0 Å². The number of alkyl halides is 1. The third-order valence-electron chi connectivity index (χ3n) is 3.54. The SMILES string of the molecule is CCn1nc(C)c2nc(CCl)n(CCCn3ccnn3)c21. The second-order valence-corrected chi connectivity index (χ2v) is 5.17. The van der Waals surface area contributed by atoms with Crippen molar-refractivity contribution < 1.29 is 0 Å². The Morgan fingerprint density at radius 2 is 2.14 bits per heavy atom. The van der Waals surface area contributed by atoms with E-state index in [1.165, 1.54) is 0 Å². The standard InChI is InChI=1S/C13H18ClN7/c1-3-21-13-12(10(2)17-21)16-11(9-14)20(13)7-4-6-19-8-5-15-18-19/h5,8H,3-4,6-7,9H2,1-2H3. The molecule has 112 valence electrons. The number of imidazole rings is 1. The Morgan fingerprint density at radius 1 is 1.29 bits per heavy atom. The molecular weight excluding hydrogens is 290 g/mol. The minimum atomic E-state index is 0.404. The molecule has 0 saturated heterocycles. The maximum atomic E-state index is 6.05. The number of aromatic nitrogens is 7. The molecule has 0 radical (unpaired) electrons. The van der Waals surface area contributed by atoms with Crippen molar-refractivity contribution in [3.8, 4) is 0 Å². The van der Waals surface area contributed by atoms with Crippen LogP contribution in [0, 0.1) is 6.92 Å². The van der Waals surface area contributed by atoms with Gasteiger partial charge in [-0.2, -0.15) is 5.10 Å². The molecule has 0 bridgehead atoms. The highest BCUT2D eigenvalue weighted by molar-refractivity contribution is 6.16. The van der Waals surface area contributed by atoms with Gasteiger partial charge < -0.3 is 4.57 Å². The lowest BCUT2D eigenvalue weighted by Crippen LogP contribution is -2.10. The number of aryl methyl sites for hydroxylation is 4. The van der Waals surface area contributed by atoms with E-state index in [2.05, 4.69) is 31.9 Å². The van der Waals surface area contributed by atoms with E-state index in [9.17, 15) is 0 Å². The maximum absolute atomic E-state index is 6.05. The zero-order valence-electron chi connectivity index (χ0n) is 12.2. The third kappa shape index (κ3) is 2.53. The number of halogens is 1. The van der Waals surface area contributed by atoms with Crippen molar-refractivity contribution in [2.24, 2.45) is 0 Å². The average molecular weight is 308 g/mol. The molecule has 0 amide bonds. The molecule has 0 N–H and O–H groups in total. The topological polar surface area (TPSA) is 66.3 Å². The largest absolute Gasteiger partial charge is 0.312 e. The van der Waals surface area contributed by atoms with Gasteiger partial charge in [-0.3, -0.25) is 4.68 Å². The summed E-state index contributed by atoms with van der Waals surface area (Å²) >= 11 is 6.05. The fourth-order valence-electron chi connectivity index (χ4n) is 2.57. The van der Waals surface area contributed by atoms with Crippen LogP contribution >= 0.6 is 11.6 Å². The first-order valence-electron chi connectivity index (χ1n) is 7.07. The van der Waals surface area contributed by atoms with E-state index in [0.717, 1.165) is 48.7 Å². The summed E-state index contributed by atoms with van der Waals surface area (Å²) in [7, 11) is 0. The van der Waals surface area contributed by atoms with E-state index in [0.29, 0.717) is 5.88 Å². The predicted molar refractivity (Wildman–Crippen MR) is 80.1 cm³/mol. The molecule has 0 fully saturated rings. The quantitative estimate of drug-likeness (QED) is 0.653. The van der Waals surface area contributed by atoms with Gasteiger partial charge in [0.05, 0.1) is 17.8 Å². The van der Waals surface area contributed by atoms with Crippen molar-refractivity contribution in [2.45, 2.75) is 45.8 Å². The highest BCUT2D eigenvalue weighted by Gasteiger charge is 2.17. The Labute approximate surface area is 127 Å². The molecule has 7 nitrogen and oxygen atoms in total. The minimum absolute atomic E-state index is 0.404. The van der Waals surface area contributed by atoms with Crippen molar-refractivity contribution in [3.63, 3.8) is 0 Å². The molecule has 0 saturated carbocycles. The van der Waals surface area contributed by atoms with Gasteiger partial charge in [-0.1, -0.05) is 5.21 Å². The highest BCUT2D eigenvalue weighted by Crippen LogP contribution is 2.21. The van der Waals surface area contributed by atoms with Gasteiger partial charge in [-0.15, -0.1) is 16.7 Å². The van der Waals surface area contributed by atoms with Crippen LogP contribution in [0.2, 0.25) is 0 Å². The summed E-state index contributed by atoms with van der Waals surface area (Å²) < 4.78 is 5.99. The smallest absolute Gasteiger partial charge is 0.158 e. The molecule has 0 aliphatic rings. The predicted octanol–water partition coefficient (Wildman–Crippen LogP) is 1.98. The zero-order chi connectivity index (χ0) is 14.8. The minimum Gasteiger partial charge on any atom is -0.312 e. The summed E-state index contributed by atoms with van der Waals surface area (Å²) in [6.45, 7) is 6.54. The molecule has 0 atom stereocenters. The molecule has 0 unspecified atom stereocenters. The monoisotopic (exact) mass is 307 g/mol. The summed E-state index contributed by atoms with van der Waals surface area (Å²) in [5.41, 5.74) is 2.96. The van der Waals surface area contributed by atoms with Crippen LogP contribution in [0.3, 0.4) is 0 Å². The zero-order valence-corrected chi connectivity index (χ0v) is 13.0. The van der Waals surface area contributed by atoms with Crippen molar-refractivity contribution in [3.05, 3.63) is 23.9 Å². The molecule has 0 aliphatic heterocycles. The Hall–Kier alpha value is -1.89. The van der Waals surface area contributed by atoms with Crippen molar-refractivity contribution in [1.29, 1.82) is 0 Å². The lowest BCUT2D eigenvalue weighted by atomic mass is 10.4. The third-order valence-corrected chi connectivity index (χ3v) is 3.78. The first-order chi connectivity index (χ1) is 10.2. The lowest BCUT2D eigenvalue weighted by molar-refractivity contribution is 0.507. The lowest BCUT2D eigenvalue weighted by Gasteiger charge is -2.09. The summed E-state index contributed by atoms with van der Waals surface area (Å²) in [5.74, 6) is 1.30. The van der Waals surface area contributed by atoms with Crippen LogP contribution in [0.1, 0.15) is 24.9 Å². The Morgan fingerprint density at radius 3 is 2.81 bits per heavy atom. The van der Waals surface area contributed by atoms with Crippen LogP contribution in [-0.2, 0) is 25.5 Å². The first kappa shape index (κ1) is 14.1. The molecule has 3 heterocycles. The van der Waals surface area contributed by atoms with E-state index in [4.69, 9.17) is 11.6 Å². The first-order valence-corrected chi connectivity index (χ1v) is 7.60. The van der Waals surface area contributed by atoms with Gasteiger partial charge in [-0.05, 0) is 20.3 Å². The van der Waals surface area contributed by atoms with Crippen molar-refractivity contribution >= 4 is 22.8 Å². The fourth-order valence-corrected chi connectivity index (χ4v) is 2.77. The summed E-state index contributed by atoms with van der Waals surface area (Å²) in [4.78, 5) is 4.63. The van der Waals surface area contributed by atoms with Gasteiger partial charge in [0.25, 0.3) is 0 Å². The van der Waals surface area contributed by atoms with Gasteiger partial charge in [0.1, 0.15) is 11.3 Å². The van der Waals surface area contributed by atoms with Gasteiger partial charge >= 0.3 is 0 Å². The van der Waals surface area contributed by atoms with E-state index in [1.807, 2.05) is 22.5 Å². The number of nitrogens with zero attached hydrogens (tertiary/aromatic N) is 7. The normalized spacial score (nSPS) is 11.6. The van der Waals surface area contributed by atoms with Crippen molar-refractivity contribution in [2.75, 3.05) is 0 Å². The molecule has 21 heavy (non-hydrogen) atoms. The molecule has 3 rings (SSSR count). The number of fused-ring (bicyclic) bond motifs is 1. The second kappa shape index (κ2) is 5.85. The van der Waals surface area contributed by atoms with E-state index in [1.54, 1.807) is 6.20 Å². The van der Waals surface area contributed by atoms with Crippen LogP contribution in [0.4, 0.5) is 0 Å². The van der Waals surface area contributed by atoms with Crippen molar-refractivity contribution in [1.82, 2.24) is 34.3 Å². The number of rotatable bonds is 6. The molecule has 8 heteroatoms. The average Bonchev–Trinajstić information content (AvgIpc) is 3.17. The molecule has 0 spiro atoms. The fraction of sp³-hybridized carbons (Fsp3) is 0.538. The Balaban J connectivity index is 1.88.